The molecule has 0 aliphatic carbocycles. The number of rotatable bonds is 2. The van der Waals surface area contributed by atoms with Crippen LogP contribution in [0.2, 0.25) is 0 Å². The summed E-state index contributed by atoms with van der Waals surface area (Å²) in [5.74, 6) is 5.12. The second kappa shape index (κ2) is 4.21. The molecule has 72 valence electrons. The average molecular weight is 263 g/mol. The van der Waals surface area contributed by atoms with E-state index in [4.69, 9.17) is 5.84 Å². The van der Waals surface area contributed by atoms with Crippen LogP contribution in [-0.4, -0.2) is 18.0 Å². The van der Waals surface area contributed by atoms with Crippen molar-refractivity contribution in [3.63, 3.8) is 0 Å². The predicted molar refractivity (Wildman–Crippen MR) is 57.4 cm³/mol. The van der Waals surface area contributed by atoms with Gasteiger partial charge in [-0.1, -0.05) is 0 Å². The highest BCUT2D eigenvalue weighted by Crippen LogP contribution is 2.27. The Labute approximate surface area is 89.6 Å². The van der Waals surface area contributed by atoms with E-state index in [1.165, 1.54) is 0 Å². The van der Waals surface area contributed by atoms with Crippen LogP contribution in [0.5, 0.6) is 0 Å². The molecule has 5 heteroatoms. The fraction of sp³-hybridized carbons (Fsp3) is 0.375. The van der Waals surface area contributed by atoms with E-state index >= 15 is 0 Å². The van der Waals surface area contributed by atoms with Crippen molar-refractivity contribution in [2.45, 2.75) is 12.8 Å². The van der Waals surface area contributed by atoms with Crippen LogP contribution in [0.1, 0.15) is 17.7 Å². The molecule has 0 aromatic carbocycles. The largest absolute Gasteiger partial charge is 0.283 e. The third-order valence-electron chi connectivity index (χ3n) is 1.73. The van der Waals surface area contributed by atoms with E-state index in [0.29, 0.717) is 0 Å². The molecular weight excluding hydrogens is 252 g/mol. The Balaban J connectivity index is 2.79. The molecule has 3 nitrogen and oxygen atoms in total. The average Bonchev–Trinajstić information content (AvgIpc) is 2.49. The van der Waals surface area contributed by atoms with Crippen LogP contribution in [0.3, 0.4) is 0 Å². The van der Waals surface area contributed by atoms with E-state index in [2.05, 4.69) is 15.9 Å². The molecule has 0 spiro atoms. The van der Waals surface area contributed by atoms with Crippen molar-refractivity contribution >= 4 is 33.2 Å². The molecule has 0 aliphatic rings. The van der Waals surface area contributed by atoms with Gasteiger partial charge in [0, 0.05) is 21.8 Å². The normalized spacial score (nSPS) is 12.6. The summed E-state index contributed by atoms with van der Waals surface area (Å²) in [4.78, 5) is 12.5. The quantitative estimate of drug-likeness (QED) is 0.503. The minimum Gasteiger partial charge on any atom is -0.283 e. The van der Waals surface area contributed by atoms with Crippen LogP contribution in [0.25, 0.3) is 0 Å². The lowest BCUT2D eigenvalue weighted by Crippen LogP contribution is -2.35. The second-order valence-electron chi connectivity index (χ2n) is 2.84. The Kier molecular flexibility index (Phi) is 3.47. The fourth-order valence-corrected chi connectivity index (χ4v) is 2.48. The maximum atomic E-state index is 11.4. The van der Waals surface area contributed by atoms with Gasteiger partial charge in [0.15, 0.2) is 0 Å². The maximum Gasteiger partial charge on any atom is 0.244 e. The SMILES string of the molecule is CC(C(=O)N(C)N)c1cc(Br)cs1. The summed E-state index contributed by atoms with van der Waals surface area (Å²) in [5, 5.41) is 3.08. The molecule has 1 aromatic rings. The van der Waals surface area contributed by atoms with Gasteiger partial charge in [0.2, 0.25) is 5.91 Å². The van der Waals surface area contributed by atoms with Gasteiger partial charge in [0.25, 0.3) is 0 Å². The molecule has 0 saturated heterocycles. The highest BCUT2D eigenvalue weighted by Gasteiger charge is 2.18. The summed E-state index contributed by atoms with van der Waals surface area (Å²) in [6, 6.07) is 1.94. The smallest absolute Gasteiger partial charge is 0.244 e. The van der Waals surface area contributed by atoms with E-state index < -0.39 is 0 Å². The number of nitrogens with two attached hydrogens (primary N) is 1. The van der Waals surface area contributed by atoms with E-state index in [-0.39, 0.29) is 11.8 Å². The Morgan fingerprint density at radius 2 is 2.38 bits per heavy atom. The van der Waals surface area contributed by atoms with Crippen molar-refractivity contribution in [1.29, 1.82) is 0 Å². The van der Waals surface area contributed by atoms with Crippen molar-refractivity contribution in [1.82, 2.24) is 5.01 Å². The summed E-state index contributed by atoms with van der Waals surface area (Å²) >= 11 is 4.89. The molecule has 13 heavy (non-hydrogen) atoms. The van der Waals surface area contributed by atoms with E-state index in [1.54, 1.807) is 18.4 Å². The van der Waals surface area contributed by atoms with Gasteiger partial charge in [0.1, 0.15) is 0 Å². The number of carbonyl (C=O) groups excluding carboxylic acids is 1. The van der Waals surface area contributed by atoms with Crippen LogP contribution in [0.15, 0.2) is 15.9 Å². The summed E-state index contributed by atoms with van der Waals surface area (Å²) in [7, 11) is 1.56. The number of hydrogen-bond donors (Lipinski definition) is 1. The van der Waals surface area contributed by atoms with Gasteiger partial charge < -0.3 is 0 Å². The minimum atomic E-state index is -0.161. The van der Waals surface area contributed by atoms with Gasteiger partial charge in [-0.15, -0.1) is 11.3 Å². The third-order valence-corrected chi connectivity index (χ3v) is 3.61. The lowest BCUT2D eigenvalue weighted by atomic mass is 10.1. The summed E-state index contributed by atoms with van der Waals surface area (Å²) < 4.78 is 1.01. The molecule has 1 rings (SSSR count). The van der Waals surface area contributed by atoms with Crippen LogP contribution in [0, 0.1) is 0 Å². The second-order valence-corrected chi connectivity index (χ2v) is 4.70. The molecule has 1 amide bonds. The van der Waals surface area contributed by atoms with Crippen molar-refractivity contribution in [2.24, 2.45) is 5.84 Å². The van der Waals surface area contributed by atoms with Crippen molar-refractivity contribution in [2.75, 3.05) is 7.05 Å². The number of likely N-dealkylation sites (N-methyl/N-ethyl adjacent to an activating group) is 1. The molecule has 0 radical (unpaired) electrons. The zero-order valence-electron chi connectivity index (χ0n) is 7.45. The molecule has 0 fully saturated rings. The molecule has 0 bridgehead atoms. The highest BCUT2D eigenvalue weighted by atomic mass is 79.9. The first kappa shape index (κ1) is 10.7. The van der Waals surface area contributed by atoms with E-state index in [0.717, 1.165) is 14.4 Å². The number of nitrogens with zero attached hydrogens (tertiary/aromatic N) is 1. The van der Waals surface area contributed by atoms with Crippen LogP contribution >= 0.6 is 27.3 Å². The first-order valence-electron chi connectivity index (χ1n) is 3.78. The number of thiophene rings is 1. The molecule has 1 unspecified atom stereocenters. The zero-order valence-corrected chi connectivity index (χ0v) is 9.85. The zero-order chi connectivity index (χ0) is 10.0. The van der Waals surface area contributed by atoms with Gasteiger partial charge in [-0.05, 0) is 28.9 Å². The Morgan fingerprint density at radius 3 is 2.77 bits per heavy atom. The summed E-state index contributed by atoms with van der Waals surface area (Å²) in [6.07, 6.45) is 0. The number of hydrazine groups is 1. The molecule has 0 saturated carbocycles. The predicted octanol–water partition coefficient (Wildman–Crippen LogP) is 1.95. The van der Waals surface area contributed by atoms with Crippen molar-refractivity contribution < 1.29 is 4.79 Å². The number of hydrogen-bond acceptors (Lipinski definition) is 3. The lowest BCUT2D eigenvalue weighted by Gasteiger charge is -2.14. The number of amides is 1. The molecule has 1 atom stereocenters. The monoisotopic (exact) mass is 262 g/mol. The molecule has 2 N–H and O–H groups in total. The summed E-state index contributed by atoms with van der Waals surface area (Å²) in [6.45, 7) is 1.85. The van der Waals surface area contributed by atoms with Gasteiger partial charge in [-0.3, -0.25) is 9.80 Å². The number of carbonyl (C=O) groups is 1. The highest BCUT2D eigenvalue weighted by molar-refractivity contribution is 9.10. The van der Waals surface area contributed by atoms with Crippen molar-refractivity contribution in [3.05, 3.63) is 20.8 Å². The molecular formula is C8H11BrN2OS. The molecule has 0 aliphatic heterocycles. The standard InChI is InChI=1S/C8H11BrN2OS/c1-5(8(12)11(2)10)7-3-6(9)4-13-7/h3-5H,10H2,1-2H3. The topological polar surface area (TPSA) is 46.3 Å². The van der Waals surface area contributed by atoms with Crippen LogP contribution < -0.4 is 5.84 Å². The van der Waals surface area contributed by atoms with Crippen LogP contribution in [-0.2, 0) is 4.79 Å². The lowest BCUT2D eigenvalue weighted by molar-refractivity contribution is -0.131. The third kappa shape index (κ3) is 2.52. The summed E-state index contributed by atoms with van der Waals surface area (Å²) in [5.41, 5.74) is 0. The molecule has 1 aromatic heterocycles. The van der Waals surface area contributed by atoms with Crippen LogP contribution in [0.4, 0.5) is 0 Å². The fourth-order valence-electron chi connectivity index (χ4n) is 0.982. The van der Waals surface area contributed by atoms with Gasteiger partial charge in [-0.2, -0.15) is 0 Å². The Morgan fingerprint density at radius 1 is 1.77 bits per heavy atom. The van der Waals surface area contributed by atoms with Gasteiger partial charge in [0.05, 0.1) is 5.92 Å². The van der Waals surface area contributed by atoms with Gasteiger partial charge >= 0.3 is 0 Å². The van der Waals surface area contributed by atoms with E-state index in [1.807, 2.05) is 18.4 Å². The maximum absolute atomic E-state index is 11.4. The first-order chi connectivity index (χ1) is 6.02. The number of halogens is 1. The first-order valence-corrected chi connectivity index (χ1v) is 5.46. The Bertz CT molecular complexity index is 311. The molecule has 1 heterocycles. The Hall–Kier alpha value is -0.390. The van der Waals surface area contributed by atoms with E-state index in [9.17, 15) is 4.79 Å². The van der Waals surface area contributed by atoms with Crippen molar-refractivity contribution in [3.8, 4) is 0 Å². The minimum absolute atomic E-state index is 0.0747. The van der Waals surface area contributed by atoms with Gasteiger partial charge in [-0.25, -0.2) is 5.84 Å².